The first-order valence-electron chi connectivity index (χ1n) is 9.72. The van der Waals surface area contributed by atoms with Crippen molar-refractivity contribution in [2.24, 2.45) is 11.5 Å². The van der Waals surface area contributed by atoms with E-state index in [1.54, 1.807) is 0 Å². The maximum Gasteiger partial charge on any atom is 0.0200 e. The number of nitrogens with zero attached hydrogens (tertiary/aromatic N) is 2. The van der Waals surface area contributed by atoms with Gasteiger partial charge in [0.2, 0.25) is 0 Å². The van der Waals surface area contributed by atoms with E-state index in [1.807, 2.05) is 41.5 Å². The van der Waals surface area contributed by atoms with Gasteiger partial charge in [0, 0.05) is 47.8 Å². The summed E-state index contributed by atoms with van der Waals surface area (Å²) in [5.74, 6) is 0. The zero-order valence-electron chi connectivity index (χ0n) is 19.7. The highest BCUT2D eigenvalue weighted by Gasteiger charge is 2.34. The molecule has 154 valence electrons. The maximum atomic E-state index is 5.35. The van der Waals surface area contributed by atoms with Crippen molar-refractivity contribution in [3.8, 4) is 0 Å². The van der Waals surface area contributed by atoms with Gasteiger partial charge in [-0.05, 0) is 90.0 Å². The third kappa shape index (κ3) is 18.4. The normalized spacial score (nSPS) is 21.0. The molecule has 0 aromatic rings. The molecule has 1 saturated heterocycles. The van der Waals surface area contributed by atoms with E-state index in [4.69, 9.17) is 11.5 Å². The highest BCUT2D eigenvalue weighted by Crippen LogP contribution is 2.24. The summed E-state index contributed by atoms with van der Waals surface area (Å²) >= 11 is 0. The second-order valence-electron chi connectivity index (χ2n) is 11.6. The van der Waals surface area contributed by atoms with E-state index in [1.165, 1.54) is 19.6 Å². The van der Waals surface area contributed by atoms with Crippen LogP contribution in [0.15, 0.2) is 0 Å². The van der Waals surface area contributed by atoms with Gasteiger partial charge in [0.25, 0.3) is 0 Å². The molecule has 1 heterocycles. The Bertz CT molecular complexity index is 326. The van der Waals surface area contributed by atoms with Crippen LogP contribution in [0.5, 0.6) is 0 Å². The first kappa shape index (κ1) is 27.1. The van der Waals surface area contributed by atoms with Gasteiger partial charge in [-0.15, -0.1) is 0 Å². The van der Waals surface area contributed by atoms with Crippen LogP contribution < -0.4 is 11.5 Å². The summed E-state index contributed by atoms with van der Waals surface area (Å²) < 4.78 is 0. The molecule has 1 aliphatic rings. The van der Waals surface area contributed by atoms with Gasteiger partial charge in [-0.2, -0.15) is 0 Å². The largest absolute Gasteiger partial charge is 0.326 e. The molecule has 0 aromatic heterocycles. The molecule has 0 saturated carbocycles. The van der Waals surface area contributed by atoms with Crippen LogP contribution in [0.2, 0.25) is 0 Å². The predicted octanol–water partition coefficient (Wildman–Crippen LogP) is 4.08. The molecule has 1 unspecified atom stereocenters. The van der Waals surface area contributed by atoms with Gasteiger partial charge in [-0.25, -0.2) is 0 Å². The fourth-order valence-corrected chi connectivity index (χ4v) is 2.56. The molecule has 0 radical (unpaired) electrons. The number of hydrogen-bond acceptors (Lipinski definition) is 4. The van der Waals surface area contributed by atoms with Gasteiger partial charge < -0.3 is 11.5 Å². The quantitative estimate of drug-likeness (QED) is 0.685. The van der Waals surface area contributed by atoms with Crippen molar-refractivity contribution in [2.75, 3.05) is 19.6 Å². The summed E-state index contributed by atoms with van der Waals surface area (Å²) in [7, 11) is 0. The molecule has 1 rings (SSSR count). The Hall–Kier alpha value is -0.160. The van der Waals surface area contributed by atoms with Crippen LogP contribution in [0.3, 0.4) is 0 Å². The Kier molecular flexibility index (Phi) is 10.5. The van der Waals surface area contributed by atoms with E-state index in [9.17, 15) is 0 Å². The van der Waals surface area contributed by atoms with Crippen molar-refractivity contribution in [3.05, 3.63) is 0 Å². The molecule has 0 aliphatic carbocycles. The number of hydrogen-bond donors (Lipinski definition) is 2. The highest BCUT2D eigenvalue weighted by molar-refractivity contribution is 4.90. The monoisotopic (exact) mass is 358 g/mol. The van der Waals surface area contributed by atoms with E-state index in [2.05, 4.69) is 58.3 Å². The molecule has 0 aromatic carbocycles. The van der Waals surface area contributed by atoms with E-state index < -0.39 is 0 Å². The third-order valence-corrected chi connectivity index (χ3v) is 3.44. The molecule has 1 atom stereocenters. The molecule has 1 aliphatic heterocycles. The van der Waals surface area contributed by atoms with Gasteiger partial charge in [-0.3, -0.25) is 9.80 Å². The van der Waals surface area contributed by atoms with Gasteiger partial charge >= 0.3 is 0 Å². The second-order valence-corrected chi connectivity index (χ2v) is 11.6. The van der Waals surface area contributed by atoms with Crippen LogP contribution in [-0.4, -0.2) is 57.6 Å². The van der Waals surface area contributed by atoms with Crippen LogP contribution in [0.1, 0.15) is 90.0 Å². The predicted molar refractivity (Wildman–Crippen MR) is 115 cm³/mol. The fraction of sp³-hybridized carbons (Fsp3) is 1.00. The van der Waals surface area contributed by atoms with Crippen LogP contribution in [0, 0.1) is 0 Å². The zero-order chi connectivity index (χ0) is 20.9. The van der Waals surface area contributed by atoms with Crippen molar-refractivity contribution < 1.29 is 0 Å². The summed E-state index contributed by atoms with van der Waals surface area (Å²) in [6.07, 6.45) is 0. The fourth-order valence-electron chi connectivity index (χ4n) is 2.56. The Balaban J connectivity index is 0. The Labute approximate surface area is 159 Å². The van der Waals surface area contributed by atoms with Crippen molar-refractivity contribution in [1.82, 2.24) is 9.80 Å². The lowest BCUT2D eigenvalue weighted by molar-refractivity contribution is -0.0152. The number of nitrogens with two attached hydrogens (primary N) is 2. The molecule has 4 heteroatoms. The Morgan fingerprint density at radius 1 is 0.640 bits per heavy atom. The molecule has 0 amide bonds. The topological polar surface area (TPSA) is 58.5 Å². The van der Waals surface area contributed by atoms with Crippen molar-refractivity contribution in [3.63, 3.8) is 0 Å². The van der Waals surface area contributed by atoms with E-state index in [0.717, 1.165) is 0 Å². The van der Waals surface area contributed by atoms with Crippen LogP contribution in [0.25, 0.3) is 0 Å². The summed E-state index contributed by atoms with van der Waals surface area (Å²) in [6.45, 7) is 31.6. The van der Waals surface area contributed by atoms with Crippen molar-refractivity contribution >= 4 is 0 Å². The summed E-state index contributed by atoms with van der Waals surface area (Å²) in [5, 5.41) is 0. The van der Waals surface area contributed by atoms with Gasteiger partial charge in [0.15, 0.2) is 0 Å². The maximum absolute atomic E-state index is 5.35. The minimum atomic E-state index is 0. The minimum absolute atomic E-state index is 0. The third-order valence-electron chi connectivity index (χ3n) is 3.44. The molecular weight excluding hydrogens is 308 g/mol. The summed E-state index contributed by atoms with van der Waals surface area (Å²) in [4.78, 5) is 5.22. The van der Waals surface area contributed by atoms with Crippen LogP contribution in [-0.2, 0) is 0 Å². The molecule has 1 fully saturated rings. The average Bonchev–Trinajstić information content (AvgIpc) is 2.20. The zero-order valence-corrected chi connectivity index (χ0v) is 19.7. The number of piperazine rings is 1. The highest BCUT2D eigenvalue weighted by atomic mass is 15.3. The lowest BCUT2D eigenvalue weighted by Crippen LogP contribution is -2.61. The number of rotatable bonds is 0. The van der Waals surface area contributed by atoms with Crippen molar-refractivity contribution in [1.29, 1.82) is 0 Å². The average molecular weight is 359 g/mol. The molecule has 25 heavy (non-hydrogen) atoms. The molecule has 4 nitrogen and oxygen atoms in total. The van der Waals surface area contributed by atoms with Gasteiger partial charge in [0.05, 0.1) is 0 Å². The lowest BCUT2D eigenvalue weighted by atomic mass is 9.97. The van der Waals surface area contributed by atoms with Gasteiger partial charge in [0.1, 0.15) is 0 Å². The molecule has 4 N–H and O–H groups in total. The Morgan fingerprint density at radius 2 is 0.960 bits per heavy atom. The Morgan fingerprint density at radius 3 is 1.16 bits per heavy atom. The first-order chi connectivity index (χ1) is 10.6. The smallest absolute Gasteiger partial charge is 0.0200 e. The SMILES string of the molecule is CC(C)(C)N.CC(C)(C)N.CC1CN(C(C)(C)C)CCN1C(C)(C)C. The lowest BCUT2D eigenvalue weighted by Gasteiger charge is -2.50. The van der Waals surface area contributed by atoms with E-state index in [0.29, 0.717) is 17.1 Å². The molecule has 0 bridgehead atoms. The first-order valence-corrected chi connectivity index (χ1v) is 9.72. The molecular formula is C21H50N4. The van der Waals surface area contributed by atoms with Gasteiger partial charge in [-0.1, -0.05) is 0 Å². The standard InChI is InChI=1S/C13H28N2.2C4H11N/c1-11-10-14(12(2,3)4)8-9-15(11)13(5,6)7;2*1-4(2,3)5/h11H,8-10H2,1-7H3;2*5H2,1-3H3. The molecule has 0 spiro atoms. The summed E-state index contributed by atoms with van der Waals surface area (Å²) in [6, 6.07) is 0.665. The van der Waals surface area contributed by atoms with E-state index >= 15 is 0 Å². The van der Waals surface area contributed by atoms with E-state index in [-0.39, 0.29) is 11.1 Å². The second kappa shape index (κ2) is 9.68. The van der Waals surface area contributed by atoms with Crippen molar-refractivity contribution in [2.45, 2.75) is 118 Å². The van der Waals surface area contributed by atoms with Crippen LogP contribution in [0.4, 0.5) is 0 Å². The minimum Gasteiger partial charge on any atom is -0.326 e. The summed E-state index contributed by atoms with van der Waals surface area (Å²) in [5.41, 5.74) is 11.3. The van der Waals surface area contributed by atoms with Crippen LogP contribution >= 0.6 is 0 Å².